The summed E-state index contributed by atoms with van der Waals surface area (Å²) in [7, 11) is 0. The molecule has 7 heteroatoms. The number of carbonyl (C=O) groups is 1. The topological polar surface area (TPSA) is 64.4 Å². The second-order valence-corrected chi connectivity index (χ2v) is 3.66. The minimum atomic E-state index is -4.76. The van der Waals surface area contributed by atoms with Crippen molar-refractivity contribution in [3.8, 4) is 5.75 Å². The summed E-state index contributed by atoms with van der Waals surface area (Å²) in [4.78, 5) is 11.2. The third kappa shape index (κ3) is 4.62. The van der Waals surface area contributed by atoms with E-state index in [1.165, 1.54) is 25.1 Å². The third-order valence-electron chi connectivity index (χ3n) is 2.06. The Bertz CT molecular complexity index is 419. The number of nitrogens with two attached hydrogens (primary N) is 1. The molecule has 1 rings (SSSR count). The van der Waals surface area contributed by atoms with Crippen molar-refractivity contribution in [1.29, 1.82) is 0 Å². The molecule has 1 amide bonds. The van der Waals surface area contributed by atoms with Crippen LogP contribution in [0.25, 0.3) is 0 Å². The molecular formula is C11H13F3N2O2. The molecule has 0 aliphatic rings. The Balaban J connectivity index is 2.74. The number of alkyl halides is 3. The highest BCUT2D eigenvalue weighted by molar-refractivity contribution is 5.80. The zero-order valence-corrected chi connectivity index (χ0v) is 9.62. The highest BCUT2D eigenvalue weighted by atomic mass is 19.4. The van der Waals surface area contributed by atoms with Crippen LogP contribution < -0.4 is 15.8 Å². The highest BCUT2D eigenvalue weighted by Gasteiger charge is 2.31. The van der Waals surface area contributed by atoms with Crippen molar-refractivity contribution in [3.63, 3.8) is 0 Å². The number of para-hydroxylation sites is 1. The fourth-order valence-corrected chi connectivity index (χ4v) is 1.22. The van der Waals surface area contributed by atoms with Gasteiger partial charge in [-0.3, -0.25) is 4.79 Å². The van der Waals surface area contributed by atoms with Crippen LogP contribution in [0.15, 0.2) is 24.3 Å². The number of halogens is 3. The normalized spacial score (nSPS) is 12.9. The van der Waals surface area contributed by atoms with Gasteiger partial charge in [-0.05, 0) is 13.0 Å². The van der Waals surface area contributed by atoms with Gasteiger partial charge < -0.3 is 15.8 Å². The Morgan fingerprint density at radius 1 is 1.44 bits per heavy atom. The van der Waals surface area contributed by atoms with Gasteiger partial charge in [0.05, 0.1) is 6.04 Å². The summed E-state index contributed by atoms with van der Waals surface area (Å²) in [5.41, 5.74) is 5.54. The summed E-state index contributed by atoms with van der Waals surface area (Å²) in [5, 5.41) is 2.41. The van der Waals surface area contributed by atoms with Crippen LogP contribution in [0.1, 0.15) is 12.5 Å². The second kappa shape index (κ2) is 5.72. The first-order valence-electron chi connectivity index (χ1n) is 5.16. The molecule has 100 valence electrons. The average molecular weight is 262 g/mol. The van der Waals surface area contributed by atoms with Gasteiger partial charge in [0.2, 0.25) is 5.91 Å². The predicted octanol–water partition coefficient (Wildman–Crippen LogP) is 1.55. The number of rotatable bonds is 4. The van der Waals surface area contributed by atoms with Crippen LogP contribution in [-0.2, 0) is 11.3 Å². The van der Waals surface area contributed by atoms with Crippen molar-refractivity contribution in [2.75, 3.05) is 0 Å². The van der Waals surface area contributed by atoms with Gasteiger partial charge in [0.1, 0.15) is 5.75 Å². The molecule has 3 N–H and O–H groups in total. The fraction of sp³-hybridized carbons (Fsp3) is 0.364. The van der Waals surface area contributed by atoms with E-state index in [1.54, 1.807) is 6.07 Å². The third-order valence-corrected chi connectivity index (χ3v) is 2.06. The Labute approximate surface area is 102 Å². The molecule has 0 aliphatic carbocycles. The molecule has 0 unspecified atom stereocenters. The molecule has 18 heavy (non-hydrogen) atoms. The van der Waals surface area contributed by atoms with Gasteiger partial charge in [0.15, 0.2) is 0 Å². The van der Waals surface area contributed by atoms with Crippen molar-refractivity contribution < 1.29 is 22.7 Å². The molecule has 0 radical (unpaired) electrons. The number of hydrogen-bond donors (Lipinski definition) is 2. The second-order valence-electron chi connectivity index (χ2n) is 3.66. The van der Waals surface area contributed by atoms with E-state index in [9.17, 15) is 18.0 Å². The van der Waals surface area contributed by atoms with E-state index in [-0.39, 0.29) is 17.9 Å². The van der Waals surface area contributed by atoms with Crippen LogP contribution in [0.2, 0.25) is 0 Å². The maximum Gasteiger partial charge on any atom is 0.573 e. The molecule has 0 spiro atoms. The monoisotopic (exact) mass is 262 g/mol. The maximum absolute atomic E-state index is 12.1. The van der Waals surface area contributed by atoms with Gasteiger partial charge in [-0.15, -0.1) is 13.2 Å². The van der Waals surface area contributed by atoms with Crippen molar-refractivity contribution in [3.05, 3.63) is 29.8 Å². The molecule has 0 saturated carbocycles. The smallest absolute Gasteiger partial charge is 0.405 e. The van der Waals surface area contributed by atoms with E-state index in [2.05, 4.69) is 10.1 Å². The first-order chi connectivity index (χ1) is 8.29. The Hall–Kier alpha value is -1.76. The lowest BCUT2D eigenvalue weighted by molar-refractivity contribution is -0.274. The predicted molar refractivity (Wildman–Crippen MR) is 58.6 cm³/mol. The van der Waals surface area contributed by atoms with Crippen molar-refractivity contribution >= 4 is 5.91 Å². The number of carbonyl (C=O) groups excluding carboxylic acids is 1. The van der Waals surface area contributed by atoms with E-state index in [0.717, 1.165) is 0 Å². The Morgan fingerprint density at radius 3 is 2.61 bits per heavy atom. The molecule has 0 bridgehead atoms. The van der Waals surface area contributed by atoms with E-state index in [1.807, 2.05) is 0 Å². The first kappa shape index (κ1) is 14.3. The quantitative estimate of drug-likeness (QED) is 0.865. The molecule has 0 aliphatic heterocycles. The van der Waals surface area contributed by atoms with Gasteiger partial charge in [0.25, 0.3) is 0 Å². The summed E-state index contributed by atoms with van der Waals surface area (Å²) >= 11 is 0. The molecule has 1 aromatic carbocycles. The largest absolute Gasteiger partial charge is 0.573 e. The van der Waals surface area contributed by atoms with E-state index < -0.39 is 18.3 Å². The van der Waals surface area contributed by atoms with Gasteiger partial charge >= 0.3 is 6.36 Å². The molecule has 0 heterocycles. The zero-order chi connectivity index (χ0) is 13.8. The Morgan fingerprint density at radius 2 is 2.06 bits per heavy atom. The van der Waals surface area contributed by atoms with E-state index >= 15 is 0 Å². The number of ether oxygens (including phenoxy) is 1. The van der Waals surface area contributed by atoms with Crippen LogP contribution in [0.5, 0.6) is 5.75 Å². The number of hydrogen-bond acceptors (Lipinski definition) is 3. The van der Waals surface area contributed by atoms with Crippen LogP contribution in [0.3, 0.4) is 0 Å². The zero-order valence-electron chi connectivity index (χ0n) is 9.62. The molecule has 1 atom stereocenters. The van der Waals surface area contributed by atoms with Crippen LogP contribution in [0, 0.1) is 0 Å². The fourth-order valence-electron chi connectivity index (χ4n) is 1.22. The Kier molecular flexibility index (Phi) is 4.55. The molecule has 0 fully saturated rings. The summed E-state index contributed by atoms with van der Waals surface area (Å²) in [5.74, 6) is -0.785. The first-order valence-corrected chi connectivity index (χ1v) is 5.16. The SMILES string of the molecule is C[C@H](N)C(=O)NCc1ccccc1OC(F)(F)F. The molecule has 1 aromatic rings. The molecule has 0 aromatic heterocycles. The molecular weight excluding hydrogens is 249 g/mol. The van der Waals surface area contributed by atoms with E-state index in [4.69, 9.17) is 5.73 Å². The summed E-state index contributed by atoms with van der Waals surface area (Å²) in [6.07, 6.45) is -4.76. The lowest BCUT2D eigenvalue weighted by atomic mass is 10.2. The van der Waals surface area contributed by atoms with Crippen LogP contribution in [0.4, 0.5) is 13.2 Å². The average Bonchev–Trinajstić information content (AvgIpc) is 2.25. The van der Waals surface area contributed by atoms with Crippen LogP contribution in [-0.4, -0.2) is 18.3 Å². The lowest BCUT2D eigenvalue weighted by Crippen LogP contribution is -2.37. The number of amides is 1. The number of benzene rings is 1. The van der Waals surface area contributed by atoms with Gasteiger partial charge in [-0.1, -0.05) is 18.2 Å². The van der Waals surface area contributed by atoms with Crippen molar-refractivity contribution in [1.82, 2.24) is 5.32 Å². The van der Waals surface area contributed by atoms with Crippen LogP contribution >= 0.6 is 0 Å². The minimum absolute atomic E-state index is 0.0768. The van der Waals surface area contributed by atoms with Gasteiger partial charge in [0, 0.05) is 12.1 Å². The lowest BCUT2D eigenvalue weighted by Gasteiger charge is -2.14. The summed E-state index contributed by atoms with van der Waals surface area (Å²) in [6, 6.07) is 4.86. The summed E-state index contributed by atoms with van der Waals surface area (Å²) < 4.78 is 40.2. The minimum Gasteiger partial charge on any atom is -0.405 e. The standard InChI is InChI=1S/C11H13F3N2O2/c1-7(15)10(17)16-6-8-4-2-3-5-9(8)18-11(12,13)14/h2-5,7H,6,15H2,1H3,(H,16,17)/t7-/m0/s1. The summed E-state index contributed by atoms with van der Waals surface area (Å²) in [6.45, 7) is 1.40. The van der Waals surface area contributed by atoms with Gasteiger partial charge in [-0.25, -0.2) is 0 Å². The molecule has 0 saturated heterocycles. The van der Waals surface area contributed by atoms with Gasteiger partial charge in [-0.2, -0.15) is 0 Å². The molecule has 4 nitrogen and oxygen atoms in total. The number of nitrogens with one attached hydrogen (secondary N) is 1. The van der Waals surface area contributed by atoms with Crippen molar-refractivity contribution in [2.24, 2.45) is 5.73 Å². The van der Waals surface area contributed by atoms with E-state index in [0.29, 0.717) is 0 Å². The maximum atomic E-state index is 12.1. The highest BCUT2D eigenvalue weighted by Crippen LogP contribution is 2.25. The van der Waals surface area contributed by atoms with Crippen molar-refractivity contribution in [2.45, 2.75) is 25.9 Å².